The SMILES string of the molecule is CCCOCOC1CCCCCCC1. The van der Waals surface area contributed by atoms with Crippen molar-refractivity contribution in [1.29, 1.82) is 0 Å². The predicted octanol–water partition coefficient (Wildman–Crippen LogP) is 3.50. The van der Waals surface area contributed by atoms with Gasteiger partial charge in [0.25, 0.3) is 0 Å². The molecule has 0 spiro atoms. The lowest BCUT2D eigenvalue weighted by Crippen LogP contribution is -2.16. The normalized spacial score (nSPS) is 20.4. The van der Waals surface area contributed by atoms with Gasteiger partial charge in [0.15, 0.2) is 0 Å². The minimum atomic E-state index is 0.465. The van der Waals surface area contributed by atoms with Gasteiger partial charge in [-0.15, -0.1) is 0 Å². The molecule has 1 fully saturated rings. The van der Waals surface area contributed by atoms with Gasteiger partial charge in [-0.3, -0.25) is 0 Å². The van der Waals surface area contributed by atoms with E-state index >= 15 is 0 Å². The molecule has 0 radical (unpaired) electrons. The quantitative estimate of drug-likeness (QED) is 0.499. The molecule has 1 saturated carbocycles. The molecule has 1 aliphatic carbocycles. The minimum Gasteiger partial charge on any atom is -0.355 e. The summed E-state index contributed by atoms with van der Waals surface area (Å²) in [5.74, 6) is 0. The molecule has 0 aromatic carbocycles. The second-order valence-electron chi connectivity index (χ2n) is 4.16. The molecule has 2 heteroatoms. The van der Waals surface area contributed by atoms with Crippen LogP contribution in [0.4, 0.5) is 0 Å². The highest BCUT2D eigenvalue weighted by molar-refractivity contribution is 4.62. The monoisotopic (exact) mass is 200 g/mol. The Morgan fingerprint density at radius 2 is 1.64 bits per heavy atom. The molecule has 2 nitrogen and oxygen atoms in total. The number of ether oxygens (including phenoxy) is 2. The van der Waals surface area contributed by atoms with Crippen LogP contribution >= 0.6 is 0 Å². The van der Waals surface area contributed by atoms with E-state index in [0.717, 1.165) is 13.0 Å². The average Bonchev–Trinajstić information content (AvgIpc) is 2.15. The molecule has 0 aromatic heterocycles. The third kappa shape index (κ3) is 5.61. The smallest absolute Gasteiger partial charge is 0.147 e. The molecule has 0 saturated heterocycles. The van der Waals surface area contributed by atoms with E-state index in [-0.39, 0.29) is 0 Å². The molecule has 1 rings (SSSR count). The van der Waals surface area contributed by atoms with E-state index in [2.05, 4.69) is 6.92 Å². The largest absolute Gasteiger partial charge is 0.355 e. The zero-order chi connectivity index (χ0) is 10.1. The van der Waals surface area contributed by atoms with E-state index in [0.29, 0.717) is 12.9 Å². The molecule has 0 aliphatic heterocycles. The molecule has 0 amide bonds. The number of hydrogen-bond acceptors (Lipinski definition) is 2. The molecule has 84 valence electrons. The Hall–Kier alpha value is -0.0800. The molecule has 0 atom stereocenters. The first-order chi connectivity index (χ1) is 6.93. The maximum atomic E-state index is 5.70. The van der Waals surface area contributed by atoms with Crippen molar-refractivity contribution in [3.63, 3.8) is 0 Å². The summed E-state index contributed by atoms with van der Waals surface area (Å²) in [7, 11) is 0. The number of rotatable bonds is 5. The van der Waals surface area contributed by atoms with Gasteiger partial charge >= 0.3 is 0 Å². The minimum absolute atomic E-state index is 0.465. The first-order valence-electron chi connectivity index (χ1n) is 6.13. The van der Waals surface area contributed by atoms with Crippen molar-refractivity contribution in [2.45, 2.75) is 64.4 Å². The lowest BCUT2D eigenvalue weighted by Gasteiger charge is -2.19. The molecule has 0 bridgehead atoms. The summed E-state index contributed by atoms with van der Waals surface area (Å²) in [5.41, 5.74) is 0. The maximum Gasteiger partial charge on any atom is 0.147 e. The van der Waals surface area contributed by atoms with E-state index in [9.17, 15) is 0 Å². The summed E-state index contributed by atoms with van der Waals surface area (Å²) in [6.45, 7) is 3.45. The summed E-state index contributed by atoms with van der Waals surface area (Å²) in [4.78, 5) is 0. The predicted molar refractivity (Wildman–Crippen MR) is 58.3 cm³/mol. The van der Waals surface area contributed by atoms with Crippen LogP contribution in [0.15, 0.2) is 0 Å². The lowest BCUT2D eigenvalue weighted by molar-refractivity contribution is -0.0951. The average molecular weight is 200 g/mol. The molecule has 0 N–H and O–H groups in total. The first-order valence-corrected chi connectivity index (χ1v) is 6.13. The number of hydrogen-bond donors (Lipinski definition) is 0. The standard InChI is InChI=1S/C12H24O2/c1-2-10-13-11-14-12-8-6-4-3-5-7-9-12/h12H,2-11H2,1H3. The molecule has 1 aliphatic rings. The molecule has 0 unspecified atom stereocenters. The summed E-state index contributed by atoms with van der Waals surface area (Å²) < 4.78 is 11.0. The van der Waals surface area contributed by atoms with Gasteiger partial charge < -0.3 is 9.47 Å². The fraction of sp³-hybridized carbons (Fsp3) is 1.00. The van der Waals surface area contributed by atoms with Crippen molar-refractivity contribution < 1.29 is 9.47 Å². The summed E-state index contributed by atoms with van der Waals surface area (Å²) in [5, 5.41) is 0. The van der Waals surface area contributed by atoms with Crippen molar-refractivity contribution in [2.75, 3.05) is 13.4 Å². The summed E-state index contributed by atoms with van der Waals surface area (Å²) in [6.07, 6.45) is 10.9. The van der Waals surface area contributed by atoms with Gasteiger partial charge in [-0.05, 0) is 19.3 Å². The van der Waals surface area contributed by atoms with Crippen LogP contribution in [-0.4, -0.2) is 19.5 Å². The van der Waals surface area contributed by atoms with Crippen molar-refractivity contribution in [3.8, 4) is 0 Å². The van der Waals surface area contributed by atoms with E-state index in [4.69, 9.17) is 9.47 Å². The first kappa shape index (κ1) is 12.0. The zero-order valence-electron chi connectivity index (χ0n) is 9.46. The summed E-state index contributed by atoms with van der Waals surface area (Å²) >= 11 is 0. The zero-order valence-corrected chi connectivity index (χ0v) is 9.46. The van der Waals surface area contributed by atoms with Crippen LogP contribution in [0.25, 0.3) is 0 Å². The van der Waals surface area contributed by atoms with Gasteiger partial charge in [-0.25, -0.2) is 0 Å². The second kappa shape index (κ2) is 8.25. The Labute approximate surface area is 88.0 Å². The van der Waals surface area contributed by atoms with E-state index < -0.39 is 0 Å². The Morgan fingerprint density at radius 1 is 1.00 bits per heavy atom. The highest BCUT2D eigenvalue weighted by Gasteiger charge is 2.11. The lowest BCUT2D eigenvalue weighted by atomic mass is 9.99. The van der Waals surface area contributed by atoms with Crippen LogP contribution in [-0.2, 0) is 9.47 Å². The van der Waals surface area contributed by atoms with Crippen LogP contribution in [0.5, 0.6) is 0 Å². The van der Waals surface area contributed by atoms with Gasteiger partial charge in [0.05, 0.1) is 6.10 Å². The van der Waals surface area contributed by atoms with Gasteiger partial charge in [0.1, 0.15) is 6.79 Å². The van der Waals surface area contributed by atoms with Crippen molar-refractivity contribution in [3.05, 3.63) is 0 Å². The Bertz CT molecular complexity index is 117. The third-order valence-corrected chi connectivity index (χ3v) is 2.79. The maximum absolute atomic E-state index is 5.70. The van der Waals surface area contributed by atoms with Crippen LogP contribution in [0, 0.1) is 0 Å². The Balaban J connectivity index is 2.02. The van der Waals surface area contributed by atoms with Crippen molar-refractivity contribution in [2.24, 2.45) is 0 Å². The highest BCUT2D eigenvalue weighted by Crippen LogP contribution is 2.19. The van der Waals surface area contributed by atoms with E-state index in [1.807, 2.05) is 0 Å². The fourth-order valence-corrected chi connectivity index (χ4v) is 1.93. The fourth-order valence-electron chi connectivity index (χ4n) is 1.93. The van der Waals surface area contributed by atoms with Crippen molar-refractivity contribution in [1.82, 2.24) is 0 Å². The van der Waals surface area contributed by atoms with Crippen LogP contribution in [0.2, 0.25) is 0 Å². The van der Waals surface area contributed by atoms with Gasteiger partial charge in [-0.2, -0.15) is 0 Å². The Kier molecular flexibility index (Phi) is 7.06. The topological polar surface area (TPSA) is 18.5 Å². The Morgan fingerprint density at radius 3 is 2.29 bits per heavy atom. The summed E-state index contributed by atoms with van der Waals surface area (Å²) in [6, 6.07) is 0. The van der Waals surface area contributed by atoms with Crippen LogP contribution in [0.3, 0.4) is 0 Å². The second-order valence-corrected chi connectivity index (χ2v) is 4.16. The molecule has 0 aromatic rings. The van der Waals surface area contributed by atoms with E-state index in [1.54, 1.807) is 0 Å². The van der Waals surface area contributed by atoms with Crippen LogP contribution in [0.1, 0.15) is 58.3 Å². The van der Waals surface area contributed by atoms with Gasteiger partial charge in [0.2, 0.25) is 0 Å². The molecule has 0 heterocycles. The van der Waals surface area contributed by atoms with Gasteiger partial charge in [0, 0.05) is 6.61 Å². The van der Waals surface area contributed by atoms with Crippen LogP contribution < -0.4 is 0 Å². The highest BCUT2D eigenvalue weighted by atomic mass is 16.7. The van der Waals surface area contributed by atoms with Crippen molar-refractivity contribution >= 4 is 0 Å². The molecular formula is C12H24O2. The third-order valence-electron chi connectivity index (χ3n) is 2.79. The molecular weight excluding hydrogens is 176 g/mol. The van der Waals surface area contributed by atoms with Gasteiger partial charge in [-0.1, -0.05) is 39.0 Å². The van der Waals surface area contributed by atoms with E-state index in [1.165, 1.54) is 44.9 Å². The molecule has 14 heavy (non-hydrogen) atoms.